The van der Waals surface area contributed by atoms with Crippen molar-refractivity contribution >= 4 is 16.7 Å². The Morgan fingerprint density at radius 3 is 2.85 bits per heavy atom. The van der Waals surface area contributed by atoms with Crippen LogP contribution >= 0.6 is 0 Å². The van der Waals surface area contributed by atoms with Gasteiger partial charge in [0.2, 0.25) is 0 Å². The molecular formula is C16H15N3O. The van der Waals surface area contributed by atoms with Gasteiger partial charge in [-0.2, -0.15) is 5.10 Å². The lowest BCUT2D eigenvalue weighted by Crippen LogP contribution is -2.05. The molecule has 3 rings (SSSR count). The molecule has 0 aliphatic rings. The predicted molar refractivity (Wildman–Crippen MR) is 77.7 cm³/mol. The van der Waals surface area contributed by atoms with Crippen LogP contribution in [-0.2, 0) is 13.0 Å². The van der Waals surface area contributed by atoms with Gasteiger partial charge in [-0.25, -0.2) is 4.98 Å². The molecule has 100 valence electrons. The Kier molecular flexibility index (Phi) is 3.29. The van der Waals surface area contributed by atoms with Gasteiger partial charge in [-0.15, -0.1) is 0 Å². The first-order valence-electron chi connectivity index (χ1n) is 6.66. The van der Waals surface area contributed by atoms with Gasteiger partial charge in [0.15, 0.2) is 5.78 Å². The summed E-state index contributed by atoms with van der Waals surface area (Å²) in [5.41, 5.74) is 2.28. The maximum atomic E-state index is 12.3. The van der Waals surface area contributed by atoms with Gasteiger partial charge in [0.25, 0.3) is 0 Å². The van der Waals surface area contributed by atoms with Crippen LogP contribution in [0.4, 0.5) is 0 Å². The fourth-order valence-corrected chi connectivity index (χ4v) is 2.17. The number of hydrogen-bond donors (Lipinski definition) is 0. The number of aromatic nitrogens is 3. The Balaban J connectivity index is 1.84. The first-order valence-corrected chi connectivity index (χ1v) is 6.66. The minimum Gasteiger partial charge on any atom is -0.292 e. The molecule has 0 saturated heterocycles. The van der Waals surface area contributed by atoms with Crippen LogP contribution in [0.15, 0.2) is 48.8 Å². The summed E-state index contributed by atoms with van der Waals surface area (Å²) in [6.45, 7) is 2.83. The van der Waals surface area contributed by atoms with Crippen molar-refractivity contribution in [2.75, 3.05) is 0 Å². The Morgan fingerprint density at radius 2 is 2.05 bits per heavy atom. The monoisotopic (exact) mass is 265 g/mol. The second kappa shape index (κ2) is 5.25. The molecule has 20 heavy (non-hydrogen) atoms. The smallest absolute Gasteiger partial charge is 0.185 e. The number of rotatable bonds is 4. The molecule has 1 aromatic carbocycles. The summed E-state index contributed by atoms with van der Waals surface area (Å²) < 4.78 is 1.82. The van der Waals surface area contributed by atoms with Crippen molar-refractivity contribution in [3.05, 3.63) is 60.0 Å². The second-order valence-electron chi connectivity index (χ2n) is 4.69. The number of Topliss-reactive ketones (excluding diaryl/α,β-unsaturated/α-hetero) is 1. The van der Waals surface area contributed by atoms with Crippen LogP contribution in [0.1, 0.15) is 23.0 Å². The lowest BCUT2D eigenvalue weighted by Gasteiger charge is -2.01. The second-order valence-corrected chi connectivity index (χ2v) is 4.69. The van der Waals surface area contributed by atoms with Gasteiger partial charge in [0.05, 0.1) is 11.7 Å². The molecular weight excluding hydrogens is 250 g/mol. The van der Waals surface area contributed by atoms with Gasteiger partial charge in [-0.1, -0.05) is 24.3 Å². The summed E-state index contributed by atoms with van der Waals surface area (Å²) in [6.07, 6.45) is 3.98. The standard InChI is InChI=1S/C16H15N3O/c1-2-19-11-12(10-17-19)9-16(20)15-8-7-13-5-3-4-6-14(13)18-15/h3-8,10-11H,2,9H2,1H3. The highest BCUT2D eigenvalue weighted by atomic mass is 16.1. The van der Waals surface area contributed by atoms with E-state index in [9.17, 15) is 4.79 Å². The van der Waals surface area contributed by atoms with Crippen LogP contribution in [0.25, 0.3) is 10.9 Å². The molecule has 3 aromatic rings. The minimum atomic E-state index is 0.0198. The molecule has 0 amide bonds. The van der Waals surface area contributed by atoms with Gasteiger partial charge in [0, 0.05) is 24.5 Å². The molecule has 0 unspecified atom stereocenters. The average molecular weight is 265 g/mol. The molecule has 0 bridgehead atoms. The van der Waals surface area contributed by atoms with Crippen LogP contribution in [0, 0.1) is 0 Å². The largest absolute Gasteiger partial charge is 0.292 e. The number of hydrogen-bond acceptors (Lipinski definition) is 3. The fourth-order valence-electron chi connectivity index (χ4n) is 2.17. The van der Waals surface area contributed by atoms with E-state index < -0.39 is 0 Å². The van der Waals surface area contributed by atoms with Gasteiger partial charge < -0.3 is 0 Å². The van der Waals surface area contributed by atoms with Crippen molar-refractivity contribution in [2.24, 2.45) is 0 Å². The lowest BCUT2D eigenvalue weighted by molar-refractivity contribution is 0.0988. The van der Waals surface area contributed by atoms with E-state index in [4.69, 9.17) is 0 Å². The van der Waals surface area contributed by atoms with Gasteiger partial charge >= 0.3 is 0 Å². The molecule has 0 fully saturated rings. The Labute approximate surface area is 117 Å². The number of pyridine rings is 1. The molecule has 0 spiro atoms. The molecule has 2 aromatic heterocycles. The van der Waals surface area contributed by atoms with E-state index in [2.05, 4.69) is 10.1 Å². The molecule has 4 heteroatoms. The van der Waals surface area contributed by atoms with Crippen molar-refractivity contribution < 1.29 is 4.79 Å². The highest BCUT2D eigenvalue weighted by molar-refractivity contribution is 5.97. The van der Waals surface area contributed by atoms with E-state index in [1.807, 2.05) is 48.1 Å². The zero-order chi connectivity index (χ0) is 13.9. The molecule has 0 aliphatic heterocycles. The SMILES string of the molecule is CCn1cc(CC(=O)c2ccc3ccccc3n2)cn1. The van der Waals surface area contributed by atoms with Crippen LogP contribution in [0.5, 0.6) is 0 Å². The first kappa shape index (κ1) is 12.5. The molecule has 0 atom stereocenters. The normalized spacial score (nSPS) is 10.8. The number of aryl methyl sites for hydroxylation is 1. The number of nitrogens with zero attached hydrogens (tertiary/aromatic N) is 3. The zero-order valence-corrected chi connectivity index (χ0v) is 11.3. The zero-order valence-electron chi connectivity index (χ0n) is 11.3. The van der Waals surface area contributed by atoms with E-state index in [0.29, 0.717) is 12.1 Å². The average Bonchev–Trinajstić information content (AvgIpc) is 2.94. The van der Waals surface area contributed by atoms with Crippen LogP contribution < -0.4 is 0 Å². The van der Waals surface area contributed by atoms with Gasteiger partial charge in [-0.3, -0.25) is 9.48 Å². The number of carbonyl (C=O) groups is 1. The number of benzene rings is 1. The van der Waals surface area contributed by atoms with Crippen LogP contribution in [-0.4, -0.2) is 20.5 Å². The summed E-state index contributed by atoms with van der Waals surface area (Å²) in [5, 5.41) is 5.22. The minimum absolute atomic E-state index is 0.0198. The van der Waals surface area contributed by atoms with E-state index >= 15 is 0 Å². The number of fused-ring (bicyclic) bond motifs is 1. The third-order valence-electron chi connectivity index (χ3n) is 3.26. The number of ketones is 1. The summed E-state index contributed by atoms with van der Waals surface area (Å²) in [7, 11) is 0. The van der Waals surface area contributed by atoms with Crippen molar-refractivity contribution in [1.29, 1.82) is 0 Å². The number of para-hydroxylation sites is 1. The molecule has 0 aliphatic carbocycles. The van der Waals surface area contributed by atoms with Crippen LogP contribution in [0.3, 0.4) is 0 Å². The Bertz CT molecular complexity index is 761. The molecule has 0 saturated carbocycles. The van der Waals surface area contributed by atoms with E-state index in [1.165, 1.54) is 0 Å². The maximum absolute atomic E-state index is 12.3. The van der Waals surface area contributed by atoms with Gasteiger partial charge in [0.1, 0.15) is 5.69 Å². The fraction of sp³-hybridized carbons (Fsp3) is 0.188. The molecule has 2 heterocycles. The van der Waals surface area contributed by atoms with Crippen molar-refractivity contribution in [2.45, 2.75) is 19.9 Å². The maximum Gasteiger partial charge on any atom is 0.185 e. The molecule has 0 radical (unpaired) electrons. The van der Waals surface area contributed by atoms with Crippen molar-refractivity contribution in [3.8, 4) is 0 Å². The topological polar surface area (TPSA) is 47.8 Å². The quantitative estimate of drug-likeness (QED) is 0.681. The van der Waals surface area contributed by atoms with Crippen molar-refractivity contribution in [3.63, 3.8) is 0 Å². The Morgan fingerprint density at radius 1 is 1.20 bits per heavy atom. The van der Waals surface area contributed by atoms with Crippen LogP contribution in [0.2, 0.25) is 0 Å². The summed E-state index contributed by atoms with van der Waals surface area (Å²) in [5.74, 6) is 0.0198. The third-order valence-corrected chi connectivity index (χ3v) is 3.26. The van der Waals surface area contributed by atoms with E-state index in [-0.39, 0.29) is 5.78 Å². The lowest BCUT2D eigenvalue weighted by atomic mass is 10.1. The van der Waals surface area contributed by atoms with Crippen molar-refractivity contribution in [1.82, 2.24) is 14.8 Å². The highest BCUT2D eigenvalue weighted by Gasteiger charge is 2.10. The summed E-state index contributed by atoms with van der Waals surface area (Å²) in [6, 6.07) is 11.5. The highest BCUT2D eigenvalue weighted by Crippen LogP contribution is 2.13. The van der Waals surface area contributed by atoms with E-state index in [1.54, 1.807) is 12.3 Å². The van der Waals surface area contributed by atoms with Gasteiger partial charge in [-0.05, 0) is 24.6 Å². The predicted octanol–water partition coefficient (Wildman–Crippen LogP) is 2.88. The summed E-state index contributed by atoms with van der Waals surface area (Å²) in [4.78, 5) is 16.7. The number of carbonyl (C=O) groups excluding carboxylic acids is 1. The molecule has 4 nitrogen and oxygen atoms in total. The van der Waals surface area contributed by atoms with E-state index in [0.717, 1.165) is 23.0 Å². The Hall–Kier alpha value is -2.49. The summed E-state index contributed by atoms with van der Waals surface area (Å²) >= 11 is 0. The third kappa shape index (κ3) is 2.45. The first-order chi connectivity index (χ1) is 9.76. The molecule has 0 N–H and O–H groups in total.